The number of benzene rings is 3. The molecule has 1 aliphatic rings. The normalized spacial score (nSPS) is 15.2. The van der Waals surface area contributed by atoms with E-state index in [2.05, 4.69) is 0 Å². The van der Waals surface area contributed by atoms with Gasteiger partial charge in [0.2, 0.25) is 10.0 Å². The monoisotopic (exact) mass is 467 g/mol. The van der Waals surface area contributed by atoms with Crippen LogP contribution in [0, 0.1) is 11.7 Å². The van der Waals surface area contributed by atoms with Crippen LogP contribution in [0.15, 0.2) is 83.8 Å². The SMILES string of the molecule is O=C(c1ccccc1)c1ccc(OC(=O)C2CCN(S(=O)(=O)c3ccccc3F)CC2)cc1. The number of ketones is 1. The Morgan fingerprint density at radius 2 is 1.39 bits per heavy atom. The van der Waals surface area contributed by atoms with Crippen LogP contribution in [0.3, 0.4) is 0 Å². The van der Waals surface area contributed by atoms with Gasteiger partial charge in [0.15, 0.2) is 5.78 Å². The average Bonchev–Trinajstić information content (AvgIpc) is 2.85. The first-order valence-corrected chi connectivity index (χ1v) is 12.0. The van der Waals surface area contributed by atoms with Gasteiger partial charge in [-0.3, -0.25) is 9.59 Å². The van der Waals surface area contributed by atoms with Gasteiger partial charge in [-0.05, 0) is 49.2 Å². The van der Waals surface area contributed by atoms with Gasteiger partial charge >= 0.3 is 5.97 Å². The summed E-state index contributed by atoms with van der Waals surface area (Å²) in [5, 5.41) is 0. The number of hydrogen-bond acceptors (Lipinski definition) is 5. The van der Waals surface area contributed by atoms with Crippen LogP contribution in [0.25, 0.3) is 0 Å². The lowest BCUT2D eigenvalue weighted by Crippen LogP contribution is -2.41. The van der Waals surface area contributed by atoms with Gasteiger partial charge in [0.1, 0.15) is 16.5 Å². The van der Waals surface area contributed by atoms with E-state index in [-0.39, 0.29) is 36.6 Å². The second kappa shape index (κ2) is 9.64. The summed E-state index contributed by atoms with van der Waals surface area (Å²) in [4.78, 5) is 24.7. The zero-order valence-electron chi connectivity index (χ0n) is 17.7. The molecule has 3 aromatic rings. The molecule has 0 amide bonds. The number of ether oxygens (including phenoxy) is 1. The van der Waals surface area contributed by atoms with Gasteiger partial charge in [-0.2, -0.15) is 4.31 Å². The number of esters is 1. The van der Waals surface area contributed by atoms with Crippen molar-refractivity contribution in [1.29, 1.82) is 0 Å². The number of rotatable bonds is 6. The van der Waals surface area contributed by atoms with E-state index in [1.807, 2.05) is 6.07 Å². The lowest BCUT2D eigenvalue weighted by Gasteiger charge is -2.30. The van der Waals surface area contributed by atoms with Crippen molar-refractivity contribution < 1.29 is 27.1 Å². The summed E-state index contributed by atoms with van der Waals surface area (Å²) >= 11 is 0. The summed E-state index contributed by atoms with van der Waals surface area (Å²) in [5.41, 5.74) is 1.05. The lowest BCUT2D eigenvalue weighted by molar-refractivity contribution is -0.140. The van der Waals surface area contributed by atoms with Gasteiger partial charge in [0.05, 0.1) is 5.92 Å². The minimum absolute atomic E-state index is 0.0982. The summed E-state index contributed by atoms with van der Waals surface area (Å²) < 4.78 is 46.0. The summed E-state index contributed by atoms with van der Waals surface area (Å²) in [7, 11) is -3.96. The van der Waals surface area contributed by atoms with Gasteiger partial charge in [-0.1, -0.05) is 42.5 Å². The Morgan fingerprint density at radius 1 is 0.818 bits per heavy atom. The molecule has 0 N–H and O–H groups in total. The largest absolute Gasteiger partial charge is 0.426 e. The predicted molar refractivity (Wildman–Crippen MR) is 120 cm³/mol. The molecule has 0 aromatic heterocycles. The third-order valence-electron chi connectivity index (χ3n) is 5.61. The molecule has 33 heavy (non-hydrogen) atoms. The molecule has 3 aromatic carbocycles. The number of sulfonamides is 1. The quantitative estimate of drug-likeness (QED) is 0.310. The van der Waals surface area contributed by atoms with Crippen LogP contribution in [0.2, 0.25) is 0 Å². The standard InChI is InChI=1S/C25H22FNO5S/c26-22-8-4-5-9-23(22)33(30,31)27-16-14-20(15-17-27)25(29)32-21-12-10-19(11-13-21)24(28)18-6-2-1-3-7-18/h1-13,20H,14-17H2. The maximum absolute atomic E-state index is 14.0. The van der Waals surface area contributed by atoms with Crippen LogP contribution in [0.4, 0.5) is 4.39 Å². The molecule has 6 nitrogen and oxygen atoms in total. The smallest absolute Gasteiger partial charge is 0.314 e. The average molecular weight is 468 g/mol. The highest BCUT2D eigenvalue weighted by Gasteiger charge is 2.34. The third kappa shape index (κ3) is 5.02. The minimum atomic E-state index is -3.96. The van der Waals surface area contributed by atoms with Crippen molar-refractivity contribution in [2.24, 2.45) is 5.92 Å². The van der Waals surface area contributed by atoms with Gasteiger partial charge in [-0.15, -0.1) is 0 Å². The zero-order valence-corrected chi connectivity index (χ0v) is 18.5. The number of piperidine rings is 1. The van der Waals surface area contributed by atoms with E-state index in [1.165, 1.54) is 22.5 Å². The van der Waals surface area contributed by atoms with E-state index in [4.69, 9.17) is 4.74 Å². The van der Waals surface area contributed by atoms with E-state index in [1.54, 1.807) is 48.5 Å². The van der Waals surface area contributed by atoms with Crippen molar-refractivity contribution in [2.75, 3.05) is 13.1 Å². The molecule has 170 valence electrons. The molecular weight excluding hydrogens is 445 g/mol. The van der Waals surface area contributed by atoms with Crippen LogP contribution in [0.1, 0.15) is 28.8 Å². The fourth-order valence-corrected chi connectivity index (χ4v) is 5.29. The number of carbonyl (C=O) groups excluding carboxylic acids is 2. The van der Waals surface area contributed by atoms with E-state index in [9.17, 15) is 22.4 Å². The van der Waals surface area contributed by atoms with E-state index in [0.717, 1.165) is 6.07 Å². The van der Waals surface area contributed by atoms with Crippen LogP contribution in [-0.4, -0.2) is 37.6 Å². The fraction of sp³-hybridized carbons (Fsp3) is 0.200. The van der Waals surface area contributed by atoms with Gasteiger partial charge in [0, 0.05) is 24.2 Å². The second-order valence-electron chi connectivity index (χ2n) is 7.75. The molecule has 0 radical (unpaired) electrons. The summed E-state index contributed by atoms with van der Waals surface area (Å²) in [6.07, 6.45) is 0.550. The van der Waals surface area contributed by atoms with Gasteiger partial charge < -0.3 is 4.74 Å². The van der Waals surface area contributed by atoms with Crippen LogP contribution in [-0.2, 0) is 14.8 Å². The molecule has 0 aliphatic carbocycles. The third-order valence-corrected chi connectivity index (χ3v) is 7.54. The summed E-state index contributed by atoms with van der Waals surface area (Å²) in [6, 6.07) is 20.4. The van der Waals surface area contributed by atoms with Crippen LogP contribution in [0.5, 0.6) is 5.75 Å². The van der Waals surface area contributed by atoms with Crippen molar-refractivity contribution in [3.8, 4) is 5.75 Å². The molecule has 4 rings (SSSR count). The van der Waals surface area contributed by atoms with E-state index in [0.29, 0.717) is 16.9 Å². The Morgan fingerprint density at radius 3 is 2.03 bits per heavy atom. The Labute approximate surface area is 191 Å². The molecule has 0 spiro atoms. The number of hydrogen-bond donors (Lipinski definition) is 0. The number of nitrogens with zero attached hydrogens (tertiary/aromatic N) is 1. The summed E-state index contributed by atoms with van der Waals surface area (Å²) in [5.74, 6) is -1.54. The molecule has 0 atom stereocenters. The first kappa shape index (κ1) is 22.8. The topological polar surface area (TPSA) is 80.8 Å². The van der Waals surface area contributed by atoms with Crippen molar-refractivity contribution >= 4 is 21.8 Å². The Hall–Kier alpha value is -3.36. The molecule has 1 saturated heterocycles. The molecule has 1 aliphatic heterocycles. The Balaban J connectivity index is 1.35. The molecule has 1 fully saturated rings. The maximum atomic E-state index is 14.0. The van der Waals surface area contributed by atoms with Crippen LogP contribution >= 0.6 is 0 Å². The molecule has 0 unspecified atom stereocenters. The maximum Gasteiger partial charge on any atom is 0.314 e. The van der Waals surface area contributed by atoms with Crippen molar-refractivity contribution in [1.82, 2.24) is 4.31 Å². The first-order chi connectivity index (χ1) is 15.9. The molecule has 8 heteroatoms. The highest BCUT2D eigenvalue weighted by Crippen LogP contribution is 2.26. The molecule has 0 bridgehead atoms. The molecule has 1 heterocycles. The lowest BCUT2D eigenvalue weighted by atomic mass is 9.98. The van der Waals surface area contributed by atoms with E-state index >= 15 is 0 Å². The molecule has 0 saturated carbocycles. The predicted octanol–water partition coefficient (Wildman–Crippen LogP) is 4.06. The van der Waals surface area contributed by atoms with E-state index < -0.39 is 27.7 Å². The highest BCUT2D eigenvalue weighted by atomic mass is 32.2. The van der Waals surface area contributed by atoms with Crippen molar-refractivity contribution in [3.05, 3.63) is 95.8 Å². The zero-order chi connectivity index (χ0) is 23.4. The van der Waals surface area contributed by atoms with Crippen LogP contribution < -0.4 is 4.74 Å². The number of carbonyl (C=O) groups is 2. The summed E-state index contributed by atoms with van der Waals surface area (Å²) in [6.45, 7) is 0.196. The fourth-order valence-electron chi connectivity index (χ4n) is 3.75. The Kier molecular flexibility index (Phi) is 6.67. The minimum Gasteiger partial charge on any atom is -0.426 e. The second-order valence-corrected chi connectivity index (χ2v) is 9.66. The Bertz CT molecular complexity index is 1250. The number of halogens is 1. The van der Waals surface area contributed by atoms with Gasteiger partial charge in [0.25, 0.3) is 0 Å². The van der Waals surface area contributed by atoms with Crippen molar-refractivity contribution in [2.45, 2.75) is 17.7 Å². The van der Waals surface area contributed by atoms with Crippen molar-refractivity contribution in [3.63, 3.8) is 0 Å². The van der Waals surface area contributed by atoms with Gasteiger partial charge in [-0.25, -0.2) is 12.8 Å². The highest BCUT2D eigenvalue weighted by molar-refractivity contribution is 7.89. The first-order valence-electron chi connectivity index (χ1n) is 10.5. The molecular formula is C25H22FNO5S.